The summed E-state index contributed by atoms with van der Waals surface area (Å²) < 4.78 is 5.37. The third kappa shape index (κ3) is 2.40. The van der Waals surface area contributed by atoms with Crippen molar-refractivity contribution in [3.05, 3.63) is 35.7 Å². The van der Waals surface area contributed by atoms with Crippen LogP contribution in [0.1, 0.15) is 30.7 Å². The van der Waals surface area contributed by atoms with Gasteiger partial charge in [-0.05, 0) is 31.7 Å². The first-order chi connectivity index (χ1) is 9.21. The summed E-state index contributed by atoms with van der Waals surface area (Å²) in [5, 5.41) is 4.07. The fourth-order valence-corrected chi connectivity index (χ4v) is 2.60. The summed E-state index contributed by atoms with van der Waals surface area (Å²) in [5.41, 5.74) is 8.29. The van der Waals surface area contributed by atoms with E-state index in [0.717, 1.165) is 12.0 Å². The molecule has 19 heavy (non-hydrogen) atoms. The van der Waals surface area contributed by atoms with Crippen LogP contribution in [0.4, 0.5) is 0 Å². The standard InChI is InChI=1S/C15H19N3O/c1-11-3-5-12(6-4-11)14-17-13(19-18-14)9-15(10-16)7-2-8-15/h3-6H,2,7-10,16H2,1H3. The molecule has 1 aromatic carbocycles. The van der Waals surface area contributed by atoms with Gasteiger partial charge in [0.2, 0.25) is 11.7 Å². The van der Waals surface area contributed by atoms with E-state index < -0.39 is 0 Å². The van der Waals surface area contributed by atoms with Crippen LogP contribution in [0.3, 0.4) is 0 Å². The number of aryl methyl sites for hydroxylation is 1. The van der Waals surface area contributed by atoms with E-state index in [0.29, 0.717) is 18.3 Å². The molecule has 2 N–H and O–H groups in total. The summed E-state index contributed by atoms with van der Waals surface area (Å²) in [5.74, 6) is 1.38. The molecule has 1 aromatic heterocycles. The summed E-state index contributed by atoms with van der Waals surface area (Å²) in [7, 11) is 0. The van der Waals surface area contributed by atoms with Crippen molar-refractivity contribution in [1.29, 1.82) is 0 Å². The molecule has 1 aliphatic carbocycles. The first kappa shape index (κ1) is 12.4. The highest BCUT2D eigenvalue weighted by atomic mass is 16.5. The fraction of sp³-hybridized carbons (Fsp3) is 0.467. The van der Waals surface area contributed by atoms with E-state index in [-0.39, 0.29) is 5.41 Å². The van der Waals surface area contributed by atoms with E-state index in [9.17, 15) is 0 Å². The van der Waals surface area contributed by atoms with Gasteiger partial charge in [0.05, 0.1) is 0 Å². The quantitative estimate of drug-likeness (QED) is 0.914. The van der Waals surface area contributed by atoms with Gasteiger partial charge >= 0.3 is 0 Å². The average molecular weight is 257 g/mol. The molecule has 1 fully saturated rings. The van der Waals surface area contributed by atoms with Gasteiger partial charge in [0, 0.05) is 12.0 Å². The summed E-state index contributed by atoms with van der Waals surface area (Å²) in [6.07, 6.45) is 4.41. The number of rotatable bonds is 4. The van der Waals surface area contributed by atoms with Gasteiger partial charge < -0.3 is 10.3 Å². The summed E-state index contributed by atoms with van der Waals surface area (Å²) in [6.45, 7) is 2.77. The summed E-state index contributed by atoms with van der Waals surface area (Å²) >= 11 is 0. The van der Waals surface area contributed by atoms with Crippen LogP contribution in [0.15, 0.2) is 28.8 Å². The van der Waals surface area contributed by atoms with Crippen molar-refractivity contribution < 1.29 is 4.52 Å². The number of nitrogens with zero attached hydrogens (tertiary/aromatic N) is 2. The van der Waals surface area contributed by atoms with Gasteiger partial charge in [0.15, 0.2) is 0 Å². The smallest absolute Gasteiger partial charge is 0.227 e. The molecule has 1 aliphatic rings. The molecule has 0 aliphatic heterocycles. The van der Waals surface area contributed by atoms with Crippen molar-refractivity contribution in [1.82, 2.24) is 10.1 Å². The minimum Gasteiger partial charge on any atom is -0.339 e. The molecular formula is C15H19N3O. The third-order valence-electron chi connectivity index (χ3n) is 4.15. The maximum atomic E-state index is 5.86. The minimum atomic E-state index is 0.205. The molecule has 0 unspecified atom stereocenters. The zero-order chi connectivity index (χ0) is 13.3. The van der Waals surface area contributed by atoms with Gasteiger partial charge in [-0.3, -0.25) is 0 Å². The van der Waals surface area contributed by atoms with Gasteiger partial charge in [0.1, 0.15) is 0 Å². The second-order valence-corrected chi connectivity index (χ2v) is 5.61. The topological polar surface area (TPSA) is 64.9 Å². The predicted octanol–water partition coefficient (Wildman–Crippen LogP) is 2.72. The highest BCUT2D eigenvalue weighted by Crippen LogP contribution is 2.42. The molecule has 0 bridgehead atoms. The lowest BCUT2D eigenvalue weighted by molar-refractivity contribution is 0.129. The Morgan fingerprint density at radius 1 is 1.26 bits per heavy atom. The van der Waals surface area contributed by atoms with E-state index in [4.69, 9.17) is 10.3 Å². The number of hydrogen-bond donors (Lipinski definition) is 1. The first-order valence-electron chi connectivity index (χ1n) is 6.80. The van der Waals surface area contributed by atoms with E-state index >= 15 is 0 Å². The van der Waals surface area contributed by atoms with E-state index in [1.165, 1.54) is 24.8 Å². The van der Waals surface area contributed by atoms with Crippen molar-refractivity contribution in [2.45, 2.75) is 32.6 Å². The normalized spacial score (nSPS) is 17.2. The van der Waals surface area contributed by atoms with Crippen LogP contribution in [0.25, 0.3) is 11.4 Å². The molecular weight excluding hydrogens is 238 g/mol. The van der Waals surface area contributed by atoms with E-state index in [1.54, 1.807) is 0 Å². The number of nitrogens with two attached hydrogens (primary N) is 1. The van der Waals surface area contributed by atoms with Gasteiger partial charge in [-0.1, -0.05) is 41.4 Å². The summed E-state index contributed by atoms with van der Waals surface area (Å²) in [4.78, 5) is 4.49. The zero-order valence-electron chi connectivity index (χ0n) is 11.2. The van der Waals surface area contributed by atoms with E-state index in [1.807, 2.05) is 12.1 Å². The Morgan fingerprint density at radius 3 is 2.58 bits per heavy atom. The van der Waals surface area contributed by atoms with Crippen LogP contribution in [0.2, 0.25) is 0 Å². The maximum Gasteiger partial charge on any atom is 0.227 e. The highest BCUT2D eigenvalue weighted by Gasteiger charge is 2.37. The van der Waals surface area contributed by atoms with Crippen molar-refractivity contribution in [2.24, 2.45) is 11.1 Å². The Bertz CT molecular complexity index is 550. The molecule has 0 atom stereocenters. The molecule has 0 spiro atoms. The van der Waals surface area contributed by atoms with Crippen LogP contribution >= 0.6 is 0 Å². The third-order valence-corrected chi connectivity index (χ3v) is 4.15. The molecule has 4 heteroatoms. The van der Waals surface area contributed by atoms with E-state index in [2.05, 4.69) is 29.2 Å². The predicted molar refractivity (Wildman–Crippen MR) is 73.5 cm³/mol. The molecule has 100 valence electrons. The number of hydrogen-bond acceptors (Lipinski definition) is 4. The van der Waals surface area contributed by atoms with Crippen molar-refractivity contribution >= 4 is 0 Å². The first-order valence-corrected chi connectivity index (χ1v) is 6.80. The Morgan fingerprint density at radius 2 is 2.00 bits per heavy atom. The SMILES string of the molecule is Cc1ccc(-c2noc(CC3(CN)CCC3)n2)cc1. The monoisotopic (exact) mass is 257 g/mol. The lowest BCUT2D eigenvalue weighted by Gasteiger charge is -2.39. The second kappa shape index (κ2) is 4.78. The molecule has 0 amide bonds. The van der Waals surface area contributed by atoms with Gasteiger partial charge in [-0.25, -0.2) is 0 Å². The van der Waals surface area contributed by atoms with Gasteiger partial charge in [-0.2, -0.15) is 4.98 Å². The molecule has 2 aromatic rings. The van der Waals surface area contributed by atoms with Gasteiger partial charge in [-0.15, -0.1) is 0 Å². The fourth-order valence-electron chi connectivity index (χ4n) is 2.60. The zero-order valence-corrected chi connectivity index (χ0v) is 11.2. The number of aromatic nitrogens is 2. The largest absolute Gasteiger partial charge is 0.339 e. The second-order valence-electron chi connectivity index (χ2n) is 5.61. The molecule has 1 saturated carbocycles. The molecule has 1 heterocycles. The van der Waals surface area contributed by atoms with Crippen molar-refractivity contribution in [2.75, 3.05) is 6.54 Å². The molecule has 0 radical (unpaired) electrons. The van der Waals surface area contributed by atoms with Crippen LogP contribution in [0, 0.1) is 12.3 Å². The average Bonchev–Trinajstić information content (AvgIpc) is 2.83. The molecule has 3 rings (SSSR count). The van der Waals surface area contributed by atoms with Crippen LogP contribution < -0.4 is 5.73 Å². The van der Waals surface area contributed by atoms with Crippen LogP contribution in [0.5, 0.6) is 0 Å². The Labute approximate surface area is 113 Å². The highest BCUT2D eigenvalue weighted by molar-refractivity contribution is 5.54. The van der Waals surface area contributed by atoms with Crippen molar-refractivity contribution in [3.8, 4) is 11.4 Å². The van der Waals surface area contributed by atoms with Crippen molar-refractivity contribution in [3.63, 3.8) is 0 Å². The minimum absolute atomic E-state index is 0.205. The van der Waals surface area contributed by atoms with Crippen LogP contribution in [-0.4, -0.2) is 16.7 Å². The lowest BCUT2D eigenvalue weighted by atomic mass is 9.67. The Balaban J connectivity index is 1.77. The Kier molecular flexibility index (Phi) is 3.11. The Hall–Kier alpha value is -1.68. The maximum absolute atomic E-state index is 5.86. The molecule has 4 nitrogen and oxygen atoms in total. The molecule has 0 saturated heterocycles. The lowest BCUT2D eigenvalue weighted by Crippen LogP contribution is -2.39. The van der Waals surface area contributed by atoms with Crippen LogP contribution in [-0.2, 0) is 6.42 Å². The van der Waals surface area contributed by atoms with Gasteiger partial charge in [0.25, 0.3) is 0 Å². The summed E-state index contributed by atoms with van der Waals surface area (Å²) in [6, 6.07) is 8.15. The number of benzene rings is 1.